The predicted octanol–water partition coefficient (Wildman–Crippen LogP) is 1.81. The van der Waals surface area contributed by atoms with Crippen molar-refractivity contribution in [2.45, 2.75) is 18.9 Å². The molecule has 114 valence electrons. The molecule has 0 bridgehead atoms. The fourth-order valence-electron chi connectivity index (χ4n) is 2.63. The normalized spacial score (nSPS) is 18.0. The van der Waals surface area contributed by atoms with Gasteiger partial charge in [0.2, 0.25) is 5.91 Å². The van der Waals surface area contributed by atoms with Gasteiger partial charge in [-0.05, 0) is 19.9 Å². The molecule has 5 heteroatoms. The number of ketones is 1. The summed E-state index contributed by atoms with van der Waals surface area (Å²) in [5.41, 5.74) is 0.715. The van der Waals surface area contributed by atoms with E-state index in [0.717, 1.165) is 25.9 Å². The van der Waals surface area contributed by atoms with Crippen LogP contribution in [0.3, 0.4) is 0 Å². The minimum absolute atomic E-state index is 0.0848. The minimum atomic E-state index is 0.0848. The van der Waals surface area contributed by atoms with Crippen molar-refractivity contribution in [3.63, 3.8) is 0 Å². The molecule has 1 aromatic rings. The van der Waals surface area contributed by atoms with E-state index in [1.807, 2.05) is 42.3 Å². The van der Waals surface area contributed by atoms with Gasteiger partial charge in [0, 0.05) is 24.7 Å². The first-order valence-corrected chi connectivity index (χ1v) is 8.48. The Bertz CT molecular complexity index is 478. The number of rotatable bonds is 7. The minimum Gasteiger partial charge on any atom is -0.338 e. The molecule has 21 heavy (non-hydrogen) atoms. The number of nitrogens with one attached hydrogen (secondary N) is 1. The van der Waals surface area contributed by atoms with Gasteiger partial charge in [-0.2, -0.15) is 0 Å². The van der Waals surface area contributed by atoms with Crippen molar-refractivity contribution in [2.24, 2.45) is 0 Å². The average Bonchev–Trinajstić information content (AvgIpc) is 2.96. The Balaban J connectivity index is 1.75. The van der Waals surface area contributed by atoms with Crippen LogP contribution in [-0.2, 0) is 4.79 Å². The van der Waals surface area contributed by atoms with E-state index in [1.54, 1.807) is 0 Å². The fraction of sp³-hybridized carbons (Fsp3) is 0.500. The third-order valence-electron chi connectivity index (χ3n) is 3.69. The van der Waals surface area contributed by atoms with Gasteiger partial charge in [-0.25, -0.2) is 0 Å². The van der Waals surface area contributed by atoms with Crippen LogP contribution in [0.15, 0.2) is 30.3 Å². The lowest BCUT2D eigenvalue weighted by Gasteiger charge is -2.24. The Morgan fingerprint density at radius 2 is 2.05 bits per heavy atom. The highest BCUT2D eigenvalue weighted by atomic mass is 32.2. The van der Waals surface area contributed by atoms with Gasteiger partial charge in [-0.15, -0.1) is 11.8 Å². The molecule has 1 aliphatic heterocycles. The van der Waals surface area contributed by atoms with Crippen molar-refractivity contribution in [1.82, 2.24) is 10.2 Å². The zero-order chi connectivity index (χ0) is 15.1. The monoisotopic (exact) mass is 306 g/mol. The van der Waals surface area contributed by atoms with Gasteiger partial charge in [0.25, 0.3) is 0 Å². The number of hydrogen-bond acceptors (Lipinski definition) is 4. The molecule has 0 radical (unpaired) electrons. The van der Waals surface area contributed by atoms with Gasteiger partial charge < -0.3 is 10.2 Å². The van der Waals surface area contributed by atoms with E-state index in [1.165, 1.54) is 11.8 Å². The first-order chi connectivity index (χ1) is 10.2. The summed E-state index contributed by atoms with van der Waals surface area (Å²) in [7, 11) is 1.91. The van der Waals surface area contributed by atoms with Crippen LogP contribution in [-0.4, -0.2) is 54.3 Å². The summed E-state index contributed by atoms with van der Waals surface area (Å²) >= 11 is 1.41. The van der Waals surface area contributed by atoms with Crippen molar-refractivity contribution < 1.29 is 9.59 Å². The lowest BCUT2D eigenvalue weighted by Crippen LogP contribution is -2.41. The maximum absolute atomic E-state index is 12.2. The molecular weight excluding hydrogens is 284 g/mol. The summed E-state index contributed by atoms with van der Waals surface area (Å²) in [5, 5.41) is 3.14. The summed E-state index contributed by atoms with van der Waals surface area (Å²) < 4.78 is 0. The van der Waals surface area contributed by atoms with Crippen LogP contribution in [0.1, 0.15) is 23.2 Å². The average molecular weight is 306 g/mol. The second-order valence-electron chi connectivity index (χ2n) is 5.22. The number of Topliss-reactive ketones (excluding diaryl/α,β-unsaturated/α-hetero) is 1. The van der Waals surface area contributed by atoms with Gasteiger partial charge in [0.1, 0.15) is 0 Å². The third kappa shape index (κ3) is 4.58. The maximum atomic E-state index is 12.2. The van der Waals surface area contributed by atoms with Crippen molar-refractivity contribution in [2.75, 3.05) is 31.6 Å². The van der Waals surface area contributed by atoms with E-state index < -0.39 is 0 Å². The number of thioether (sulfide) groups is 1. The smallest absolute Gasteiger partial charge is 0.232 e. The number of likely N-dealkylation sites (N-methyl/N-ethyl adjacent to an activating group) is 1. The van der Waals surface area contributed by atoms with Gasteiger partial charge in [-0.3, -0.25) is 9.59 Å². The number of amides is 1. The Morgan fingerprint density at radius 3 is 2.76 bits per heavy atom. The Kier molecular flexibility index (Phi) is 6.26. The number of benzene rings is 1. The predicted molar refractivity (Wildman–Crippen MR) is 86.8 cm³/mol. The zero-order valence-corrected chi connectivity index (χ0v) is 13.2. The highest BCUT2D eigenvalue weighted by Crippen LogP contribution is 2.18. The second-order valence-corrected chi connectivity index (χ2v) is 6.21. The Labute approximate surface area is 130 Å². The maximum Gasteiger partial charge on any atom is 0.232 e. The van der Waals surface area contributed by atoms with E-state index in [9.17, 15) is 9.59 Å². The molecular formula is C16H22N2O2S. The summed E-state index contributed by atoms with van der Waals surface area (Å²) in [6.45, 7) is 1.69. The summed E-state index contributed by atoms with van der Waals surface area (Å²) in [5.74, 6) is 0.985. The molecule has 1 aliphatic rings. The molecule has 4 nitrogen and oxygen atoms in total. The van der Waals surface area contributed by atoms with Crippen LogP contribution in [0.5, 0.6) is 0 Å². The van der Waals surface area contributed by atoms with Crippen LogP contribution >= 0.6 is 11.8 Å². The number of hydrogen-bond donors (Lipinski definition) is 1. The molecule has 1 amide bonds. The van der Waals surface area contributed by atoms with Crippen LogP contribution in [0.2, 0.25) is 0 Å². The molecule has 1 aromatic carbocycles. The molecule has 1 unspecified atom stereocenters. The first-order valence-electron chi connectivity index (χ1n) is 7.32. The van der Waals surface area contributed by atoms with E-state index in [2.05, 4.69) is 5.32 Å². The fourth-order valence-corrected chi connectivity index (χ4v) is 3.43. The molecule has 1 N–H and O–H groups in total. The van der Waals surface area contributed by atoms with Gasteiger partial charge >= 0.3 is 0 Å². The summed E-state index contributed by atoms with van der Waals surface area (Å²) in [6.07, 6.45) is 2.14. The first kappa shape index (κ1) is 16.0. The van der Waals surface area contributed by atoms with Gasteiger partial charge in [0.15, 0.2) is 5.78 Å². The van der Waals surface area contributed by atoms with E-state index in [4.69, 9.17) is 0 Å². The molecule has 1 heterocycles. The number of likely N-dealkylation sites (tertiary alicyclic amines) is 1. The Hall–Kier alpha value is -1.33. The Morgan fingerprint density at radius 1 is 1.29 bits per heavy atom. The van der Waals surface area contributed by atoms with E-state index in [0.29, 0.717) is 23.1 Å². The number of nitrogens with zero attached hydrogens (tertiary/aromatic N) is 1. The molecule has 0 saturated carbocycles. The second kappa shape index (κ2) is 8.20. The third-order valence-corrected chi connectivity index (χ3v) is 4.61. The number of carbonyl (C=O) groups is 2. The van der Waals surface area contributed by atoms with Crippen molar-refractivity contribution in [3.05, 3.63) is 35.9 Å². The van der Waals surface area contributed by atoms with Crippen LogP contribution in [0, 0.1) is 0 Å². The lowest BCUT2D eigenvalue weighted by atomic mass is 10.2. The molecule has 0 spiro atoms. The van der Waals surface area contributed by atoms with Gasteiger partial charge in [0.05, 0.1) is 11.5 Å². The SMILES string of the molecule is CNCC1CCCN1C(=O)CSCC(=O)c1ccccc1. The molecule has 1 saturated heterocycles. The summed E-state index contributed by atoms with van der Waals surface area (Å²) in [4.78, 5) is 26.1. The molecule has 0 aliphatic carbocycles. The van der Waals surface area contributed by atoms with Crippen molar-refractivity contribution in [1.29, 1.82) is 0 Å². The van der Waals surface area contributed by atoms with Crippen molar-refractivity contribution in [3.8, 4) is 0 Å². The standard InChI is InChI=1S/C16H22N2O2S/c1-17-10-14-8-5-9-18(14)16(20)12-21-11-15(19)13-6-3-2-4-7-13/h2-4,6-7,14,17H,5,8-12H2,1H3. The summed E-state index contributed by atoms with van der Waals surface area (Å²) in [6, 6.07) is 9.55. The largest absolute Gasteiger partial charge is 0.338 e. The van der Waals surface area contributed by atoms with E-state index in [-0.39, 0.29) is 11.7 Å². The molecule has 1 atom stereocenters. The van der Waals surface area contributed by atoms with Crippen LogP contribution < -0.4 is 5.32 Å². The van der Waals surface area contributed by atoms with Crippen LogP contribution in [0.4, 0.5) is 0 Å². The molecule has 0 aromatic heterocycles. The molecule has 1 fully saturated rings. The number of carbonyl (C=O) groups excluding carboxylic acids is 2. The lowest BCUT2D eigenvalue weighted by molar-refractivity contribution is -0.129. The topological polar surface area (TPSA) is 49.4 Å². The van der Waals surface area contributed by atoms with Gasteiger partial charge in [-0.1, -0.05) is 30.3 Å². The van der Waals surface area contributed by atoms with Crippen LogP contribution in [0.25, 0.3) is 0 Å². The highest BCUT2D eigenvalue weighted by Gasteiger charge is 2.27. The zero-order valence-electron chi connectivity index (χ0n) is 12.4. The van der Waals surface area contributed by atoms with E-state index >= 15 is 0 Å². The quantitative estimate of drug-likeness (QED) is 0.781. The highest BCUT2D eigenvalue weighted by molar-refractivity contribution is 8.00. The molecule has 2 rings (SSSR count). The van der Waals surface area contributed by atoms with Crippen molar-refractivity contribution >= 4 is 23.5 Å².